The fourth-order valence-corrected chi connectivity index (χ4v) is 4.34. The third-order valence-corrected chi connectivity index (χ3v) is 6.15. The van der Waals surface area contributed by atoms with Gasteiger partial charge in [-0.3, -0.25) is 9.59 Å². The van der Waals surface area contributed by atoms with E-state index in [1.54, 1.807) is 17.0 Å². The maximum atomic E-state index is 13.1. The van der Waals surface area contributed by atoms with Crippen LogP contribution in [-0.4, -0.2) is 34.3 Å². The van der Waals surface area contributed by atoms with Crippen LogP contribution in [0.2, 0.25) is 0 Å². The third-order valence-electron chi connectivity index (χ3n) is 5.39. The average Bonchev–Trinajstić information content (AvgIpc) is 3.23. The van der Waals surface area contributed by atoms with E-state index < -0.39 is 6.04 Å². The van der Waals surface area contributed by atoms with E-state index in [2.05, 4.69) is 17.2 Å². The van der Waals surface area contributed by atoms with Crippen LogP contribution in [0.15, 0.2) is 29.6 Å². The molecule has 142 valence electrons. The molecular weight excluding hydrogens is 365 g/mol. The lowest BCUT2D eigenvalue weighted by molar-refractivity contribution is -0.141. The maximum Gasteiger partial charge on any atom is 0.248 e. The number of carbonyl (C=O) groups is 2. The fourth-order valence-electron chi connectivity index (χ4n) is 3.62. The summed E-state index contributed by atoms with van der Waals surface area (Å²) in [6.07, 6.45) is 3.51. The zero-order chi connectivity index (χ0) is 19.0. The van der Waals surface area contributed by atoms with Crippen molar-refractivity contribution in [1.29, 1.82) is 0 Å². The summed E-state index contributed by atoms with van der Waals surface area (Å²) in [5.74, 6) is 0.170. The number of piperidine rings is 1. The number of likely N-dealkylation sites (tertiary alicyclic amines) is 1. The van der Waals surface area contributed by atoms with Crippen molar-refractivity contribution in [3.05, 3.63) is 35.5 Å². The van der Waals surface area contributed by atoms with Gasteiger partial charge in [0.05, 0.1) is 5.69 Å². The van der Waals surface area contributed by atoms with Crippen molar-refractivity contribution >= 4 is 28.3 Å². The van der Waals surface area contributed by atoms with Crippen molar-refractivity contribution < 1.29 is 14.0 Å². The molecule has 3 atom stereocenters. The first-order chi connectivity index (χ1) is 13.0. The highest BCUT2D eigenvalue weighted by molar-refractivity contribution is 7.14. The summed E-state index contributed by atoms with van der Waals surface area (Å²) >= 11 is 1.33. The van der Waals surface area contributed by atoms with Gasteiger partial charge >= 0.3 is 0 Å². The number of aromatic nitrogens is 1. The van der Waals surface area contributed by atoms with Gasteiger partial charge in [-0.15, -0.1) is 11.3 Å². The number of nitrogens with zero attached hydrogens (tertiary/aromatic N) is 2. The van der Waals surface area contributed by atoms with Crippen LogP contribution >= 0.6 is 11.3 Å². The number of benzene rings is 1. The minimum Gasteiger partial charge on any atom is -0.330 e. The molecule has 7 heteroatoms. The van der Waals surface area contributed by atoms with Gasteiger partial charge in [-0.2, -0.15) is 0 Å². The molecule has 1 aromatic heterocycles. The van der Waals surface area contributed by atoms with Gasteiger partial charge in [0.1, 0.15) is 11.9 Å². The highest BCUT2D eigenvalue weighted by atomic mass is 32.1. The first-order valence-electron chi connectivity index (χ1n) is 9.36. The molecule has 4 rings (SSSR count). The predicted molar refractivity (Wildman–Crippen MR) is 103 cm³/mol. The Balaban J connectivity index is 1.44. The van der Waals surface area contributed by atoms with Crippen molar-refractivity contribution in [1.82, 2.24) is 9.88 Å². The molecular formula is C20H22FN3O2S. The number of carbonyl (C=O) groups excluding carboxylic acids is 2. The second-order valence-corrected chi connectivity index (χ2v) is 8.25. The highest BCUT2D eigenvalue weighted by Crippen LogP contribution is 2.40. The van der Waals surface area contributed by atoms with Crippen molar-refractivity contribution in [2.24, 2.45) is 11.8 Å². The van der Waals surface area contributed by atoms with Crippen LogP contribution in [0.25, 0.3) is 11.3 Å². The van der Waals surface area contributed by atoms with Crippen molar-refractivity contribution in [2.45, 2.75) is 38.6 Å². The zero-order valence-electron chi connectivity index (χ0n) is 15.2. The minimum atomic E-state index is -0.419. The monoisotopic (exact) mass is 387 g/mol. The van der Waals surface area contributed by atoms with Crippen LogP contribution in [0.5, 0.6) is 0 Å². The summed E-state index contributed by atoms with van der Waals surface area (Å²) in [5, 5.41) is 5.20. The number of amides is 2. The molecule has 2 fully saturated rings. The maximum absolute atomic E-state index is 13.1. The third kappa shape index (κ3) is 3.88. The molecule has 1 saturated heterocycles. The molecule has 1 N–H and O–H groups in total. The average molecular weight is 387 g/mol. The van der Waals surface area contributed by atoms with E-state index in [9.17, 15) is 14.0 Å². The van der Waals surface area contributed by atoms with Crippen LogP contribution in [-0.2, 0) is 9.59 Å². The number of thiazole rings is 1. The van der Waals surface area contributed by atoms with E-state index in [0.717, 1.165) is 24.8 Å². The molecule has 0 spiro atoms. The molecule has 1 aromatic carbocycles. The highest BCUT2D eigenvalue weighted by Gasteiger charge is 2.44. The van der Waals surface area contributed by atoms with E-state index in [4.69, 9.17) is 0 Å². The molecule has 1 aliphatic carbocycles. The molecule has 1 aliphatic heterocycles. The second kappa shape index (κ2) is 7.38. The van der Waals surface area contributed by atoms with Gasteiger partial charge in [-0.05, 0) is 55.9 Å². The van der Waals surface area contributed by atoms with Gasteiger partial charge in [0, 0.05) is 23.4 Å². The molecule has 0 bridgehead atoms. The van der Waals surface area contributed by atoms with Crippen molar-refractivity contribution in [3.63, 3.8) is 0 Å². The van der Waals surface area contributed by atoms with E-state index in [1.165, 1.54) is 23.5 Å². The lowest BCUT2D eigenvalue weighted by atomic mass is 10.0. The van der Waals surface area contributed by atoms with Gasteiger partial charge in [0.2, 0.25) is 11.8 Å². The molecule has 1 saturated carbocycles. The molecule has 5 nitrogen and oxygen atoms in total. The Labute approximate surface area is 161 Å². The fraction of sp³-hybridized carbons (Fsp3) is 0.450. The minimum absolute atomic E-state index is 0.0864. The van der Waals surface area contributed by atoms with Gasteiger partial charge in [0.15, 0.2) is 5.13 Å². The van der Waals surface area contributed by atoms with Crippen molar-refractivity contribution in [3.8, 4) is 11.3 Å². The first-order valence-corrected chi connectivity index (χ1v) is 10.2. The summed E-state index contributed by atoms with van der Waals surface area (Å²) in [4.78, 5) is 31.7. The van der Waals surface area contributed by atoms with Crippen LogP contribution in [0, 0.1) is 17.7 Å². The molecule has 0 unspecified atom stereocenters. The van der Waals surface area contributed by atoms with Gasteiger partial charge in [0.25, 0.3) is 0 Å². The Hall–Kier alpha value is -2.28. The molecule has 2 heterocycles. The van der Waals surface area contributed by atoms with Crippen LogP contribution in [0.1, 0.15) is 32.6 Å². The predicted octanol–water partition coefficient (Wildman–Crippen LogP) is 3.92. The number of anilines is 1. The SMILES string of the molecule is C[C@@H]1C[C@@H]1C(=O)N1CCCC[C@H]1C(=O)Nc1nc(-c2ccc(F)cc2)cs1. The van der Waals surface area contributed by atoms with E-state index in [0.29, 0.717) is 29.7 Å². The number of hydrogen-bond acceptors (Lipinski definition) is 4. The Bertz CT molecular complexity index is 851. The lowest BCUT2D eigenvalue weighted by Crippen LogP contribution is -2.50. The standard InChI is InChI=1S/C20H22FN3O2S/c1-12-10-15(12)19(26)24-9-3-2-4-17(24)18(25)23-20-22-16(11-27-20)13-5-7-14(21)8-6-13/h5-8,11-12,15,17H,2-4,9-10H2,1H3,(H,22,23,25)/t12-,15+,17+/m1/s1. The molecule has 2 amide bonds. The zero-order valence-corrected chi connectivity index (χ0v) is 16.0. The number of nitrogens with one attached hydrogen (secondary N) is 1. The van der Waals surface area contributed by atoms with Crippen LogP contribution in [0.4, 0.5) is 9.52 Å². The largest absolute Gasteiger partial charge is 0.330 e. The smallest absolute Gasteiger partial charge is 0.248 e. The Kier molecular flexibility index (Phi) is 4.95. The summed E-state index contributed by atoms with van der Waals surface area (Å²) in [6.45, 7) is 2.73. The van der Waals surface area contributed by atoms with Crippen LogP contribution < -0.4 is 5.32 Å². The topological polar surface area (TPSA) is 62.3 Å². The first kappa shape index (κ1) is 18.1. The Morgan fingerprint density at radius 3 is 2.70 bits per heavy atom. The molecule has 0 radical (unpaired) electrons. The van der Waals surface area contributed by atoms with Gasteiger partial charge in [-0.1, -0.05) is 6.92 Å². The number of rotatable bonds is 4. The summed E-state index contributed by atoms with van der Waals surface area (Å²) in [7, 11) is 0. The summed E-state index contributed by atoms with van der Waals surface area (Å²) < 4.78 is 13.1. The second-order valence-electron chi connectivity index (χ2n) is 7.40. The number of hydrogen-bond donors (Lipinski definition) is 1. The normalized spacial score (nSPS) is 24.5. The van der Waals surface area contributed by atoms with Crippen LogP contribution in [0.3, 0.4) is 0 Å². The Morgan fingerprint density at radius 1 is 1.26 bits per heavy atom. The van der Waals surface area contributed by atoms with Gasteiger partial charge < -0.3 is 10.2 Å². The van der Waals surface area contributed by atoms with Gasteiger partial charge in [-0.25, -0.2) is 9.37 Å². The molecule has 27 heavy (non-hydrogen) atoms. The summed E-state index contributed by atoms with van der Waals surface area (Å²) in [6, 6.07) is 5.68. The summed E-state index contributed by atoms with van der Waals surface area (Å²) in [5.41, 5.74) is 1.49. The Morgan fingerprint density at radius 2 is 2.00 bits per heavy atom. The molecule has 2 aromatic rings. The lowest BCUT2D eigenvalue weighted by Gasteiger charge is -2.34. The number of halogens is 1. The van der Waals surface area contributed by atoms with Crippen molar-refractivity contribution in [2.75, 3.05) is 11.9 Å². The van der Waals surface area contributed by atoms with E-state index in [1.807, 2.05) is 5.38 Å². The quantitative estimate of drug-likeness (QED) is 0.865. The molecule has 2 aliphatic rings. The van der Waals surface area contributed by atoms with E-state index >= 15 is 0 Å². The van der Waals surface area contributed by atoms with E-state index in [-0.39, 0.29) is 23.5 Å².